The lowest BCUT2D eigenvalue weighted by Gasteiger charge is -1.99. The lowest BCUT2D eigenvalue weighted by atomic mass is 10.2. The van der Waals surface area contributed by atoms with Gasteiger partial charge in [0.25, 0.3) is 0 Å². The Morgan fingerprint density at radius 3 is 2.73 bits per heavy atom. The molecule has 0 aliphatic carbocycles. The summed E-state index contributed by atoms with van der Waals surface area (Å²) in [5.74, 6) is -0.165. The Labute approximate surface area is 69.6 Å². The zero-order valence-corrected chi connectivity index (χ0v) is 7.93. The van der Waals surface area contributed by atoms with E-state index in [9.17, 15) is 4.79 Å². The van der Waals surface area contributed by atoms with Gasteiger partial charge in [-0.2, -0.15) is 0 Å². The Morgan fingerprint density at radius 1 is 1.45 bits per heavy atom. The van der Waals surface area contributed by atoms with Gasteiger partial charge in [0.2, 0.25) is 0 Å². The molecule has 66 valence electrons. The molecule has 0 aliphatic rings. The van der Waals surface area contributed by atoms with E-state index in [1.54, 1.807) is 0 Å². The molecule has 0 heterocycles. The molecule has 2 N–H and O–H groups in total. The summed E-state index contributed by atoms with van der Waals surface area (Å²) in [6.45, 7) is 2.14. The Hall–Kier alpha value is -0.140. The number of hydrogen-bond acceptors (Lipinski definition) is 3. The Morgan fingerprint density at radius 2 is 2.18 bits per heavy atom. The highest BCUT2D eigenvalue weighted by Gasteiger charge is 1.99. The van der Waals surface area contributed by atoms with Crippen LogP contribution in [0.3, 0.4) is 0 Å². The number of hydrogen-bond donors (Lipinski definition) is 1. The van der Waals surface area contributed by atoms with Crippen molar-refractivity contribution in [2.45, 2.75) is 39.0 Å². The van der Waals surface area contributed by atoms with Gasteiger partial charge in [-0.15, -0.1) is 0 Å². The van der Waals surface area contributed by atoms with Gasteiger partial charge in [0.15, 0.2) is 0 Å². The summed E-state index contributed by atoms with van der Waals surface area (Å²) < 4.78 is 4.59. The first-order chi connectivity index (χ1) is 5.31. The Kier molecular flexibility index (Phi) is 7.86. The molecule has 0 aliphatic heterocycles. The van der Waals surface area contributed by atoms with Crippen molar-refractivity contribution in [1.29, 1.82) is 0 Å². The van der Waals surface area contributed by atoms with Crippen molar-refractivity contribution in [2.75, 3.05) is 0 Å². The van der Waals surface area contributed by atoms with Crippen LogP contribution in [-0.4, -0.2) is 5.97 Å². The first kappa shape index (κ1) is 10.9. The molecular formula is C7H16NO2P. The first-order valence-electron chi connectivity index (χ1n) is 3.96. The molecule has 0 rings (SSSR count). The van der Waals surface area contributed by atoms with E-state index in [1.807, 2.05) is 0 Å². The molecule has 0 aromatic heterocycles. The van der Waals surface area contributed by atoms with Gasteiger partial charge in [-0.25, -0.2) is 0 Å². The summed E-state index contributed by atoms with van der Waals surface area (Å²) in [6.07, 6.45) is 4.94. The molecule has 0 fully saturated rings. The van der Waals surface area contributed by atoms with Gasteiger partial charge in [-0.3, -0.25) is 10.3 Å². The third kappa shape index (κ3) is 7.76. The largest absolute Gasteiger partial charge is 0.432 e. The van der Waals surface area contributed by atoms with Gasteiger partial charge in [-0.05, 0) is 6.42 Å². The van der Waals surface area contributed by atoms with Crippen LogP contribution in [0, 0.1) is 0 Å². The van der Waals surface area contributed by atoms with Crippen molar-refractivity contribution in [3.05, 3.63) is 0 Å². The third-order valence-electron chi connectivity index (χ3n) is 1.41. The average Bonchev–Trinajstić information content (AvgIpc) is 1.99. The van der Waals surface area contributed by atoms with Gasteiger partial charge in [0.05, 0.1) is 0 Å². The van der Waals surface area contributed by atoms with Crippen molar-refractivity contribution >= 4 is 14.9 Å². The standard InChI is InChI=1S/C7H16NO2P/c1-2-3-4-5-6-7(9)10-11-8/h11H,2-6,8H2,1H3. The minimum atomic E-state index is -0.199. The van der Waals surface area contributed by atoms with E-state index in [0.29, 0.717) is 6.42 Å². The number of rotatable bonds is 6. The fourth-order valence-corrected chi connectivity index (χ4v) is 1.05. The van der Waals surface area contributed by atoms with Gasteiger partial charge in [0.1, 0.15) is 8.96 Å². The van der Waals surface area contributed by atoms with Crippen molar-refractivity contribution in [3.8, 4) is 0 Å². The maximum absolute atomic E-state index is 10.7. The highest BCUT2D eigenvalue weighted by molar-refractivity contribution is 7.29. The second-order valence-corrected chi connectivity index (χ2v) is 2.84. The van der Waals surface area contributed by atoms with Crippen LogP contribution in [0.1, 0.15) is 39.0 Å². The maximum Gasteiger partial charge on any atom is 0.309 e. The van der Waals surface area contributed by atoms with Crippen LogP contribution in [-0.2, 0) is 9.32 Å². The zero-order valence-electron chi connectivity index (χ0n) is 6.93. The zero-order chi connectivity index (χ0) is 8.53. The third-order valence-corrected chi connectivity index (χ3v) is 1.75. The molecule has 0 radical (unpaired) electrons. The second kappa shape index (κ2) is 7.96. The topological polar surface area (TPSA) is 52.3 Å². The molecule has 1 unspecified atom stereocenters. The lowest BCUT2D eigenvalue weighted by Crippen LogP contribution is -1.98. The molecular weight excluding hydrogens is 161 g/mol. The van der Waals surface area contributed by atoms with E-state index in [0.717, 1.165) is 12.8 Å². The van der Waals surface area contributed by atoms with E-state index < -0.39 is 0 Å². The molecule has 0 aromatic carbocycles. The summed E-state index contributed by atoms with van der Waals surface area (Å²) in [6, 6.07) is 0. The summed E-state index contributed by atoms with van der Waals surface area (Å²) in [5, 5.41) is 0. The predicted molar refractivity (Wildman–Crippen MR) is 47.4 cm³/mol. The first-order valence-corrected chi connectivity index (χ1v) is 4.95. The normalized spacial score (nSPS) is 10.7. The molecule has 0 saturated heterocycles. The number of unbranched alkanes of at least 4 members (excludes halogenated alkanes) is 3. The molecule has 3 nitrogen and oxygen atoms in total. The number of nitrogens with two attached hydrogens (primary N) is 1. The van der Waals surface area contributed by atoms with Crippen LogP contribution in [0.25, 0.3) is 0 Å². The van der Waals surface area contributed by atoms with Crippen LogP contribution >= 0.6 is 8.96 Å². The Bertz CT molecular complexity index is 109. The maximum atomic E-state index is 10.7. The average molecular weight is 177 g/mol. The summed E-state index contributed by atoms with van der Waals surface area (Å²) in [4.78, 5) is 10.7. The smallest absolute Gasteiger partial charge is 0.309 e. The van der Waals surface area contributed by atoms with E-state index in [-0.39, 0.29) is 14.9 Å². The highest BCUT2D eigenvalue weighted by atomic mass is 31.1. The van der Waals surface area contributed by atoms with Crippen LogP contribution in [0.15, 0.2) is 0 Å². The van der Waals surface area contributed by atoms with E-state index >= 15 is 0 Å². The summed E-state index contributed by atoms with van der Waals surface area (Å²) in [5.41, 5.74) is 5.04. The monoisotopic (exact) mass is 177 g/mol. The molecule has 0 amide bonds. The van der Waals surface area contributed by atoms with Crippen molar-refractivity contribution in [1.82, 2.24) is 0 Å². The number of carbonyl (C=O) groups is 1. The molecule has 0 saturated carbocycles. The fraction of sp³-hybridized carbons (Fsp3) is 0.857. The lowest BCUT2D eigenvalue weighted by molar-refractivity contribution is -0.133. The second-order valence-electron chi connectivity index (χ2n) is 2.40. The SMILES string of the molecule is CCCCCCC(=O)OPN. The molecule has 0 spiro atoms. The van der Waals surface area contributed by atoms with Gasteiger partial charge in [-0.1, -0.05) is 26.2 Å². The van der Waals surface area contributed by atoms with Gasteiger partial charge < -0.3 is 4.52 Å². The summed E-state index contributed by atoms with van der Waals surface area (Å²) >= 11 is 0. The minimum Gasteiger partial charge on any atom is -0.432 e. The van der Waals surface area contributed by atoms with E-state index in [2.05, 4.69) is 11.4 Å². The molecule has 1 atom stereocenters. The van der Waals surface area contributed by atoms with Crippen LogP contribution in [0.2, 0.25) is 0 Å². The molecule has 0 bridgehead atoms. The molecule has 0 aromatic rings. The highest BCUT2D eigenvalue weighted by Crippen LogP contribution is 2.07. The molecule has 11 heavy (non-hydrogen) atoms. The van der Waals surface area contributed by atoms with Gasteiger partial charge in [0, 0.05) is 6.42 Å². The van der Waals surface area contributed by atoms with Crippen molar-refractivity contribution in [3.63, 3.8) is 0 Å². The van der Waals surface area contributed by atoms with E-state index in [1.165, 1.54) is 12.8 Å². The minimum absolute atomic E-state index is 0.165. The Balaban J connectivity index is 3.04. The van der Waals surface area contributed by atoms with Crippen LogP contribution in [0.4, 0.5) is 0 Å². The number of carbonyl (C=O) groups excluding carboxylic acids is 1. The van der Waals surface area contributed by atoms with Crippen molar-refractivity contribution < 1.29 is 9.32 Å². The molecule has 4 heteroatoms. The summed E-state index contributed by atoms with van der Waals surface area (Å²) in [7, 11) is -0.199. The quantitative estimate of drug-likeness (QED) is 0.498. The van der Waals surface area contributed by atoms with Crippen LogP contribution < -0.4 is 5.50 Å². The van der Waals surface area contributed by atoms with Crippen LogP contribution in [0.5, 0.6) is 0 Å². The predicted octanol–water partition coefficient (Wildman–Crippen LogP) is 1.97. The van der Waals surface area contributed by atoms with Gasteiger partial charge >= 0.3 is 5.97 Å². The van der Waals surface area contributed by atoms with E-state index in [4.69, 9.17) is 5.50 Å². The van der Waals surface area contributed by atoms with Crippen molar-refractivity contribution in [2.24, 2.45) is 5.50 Å². The fourth-order valence-electron chi connectivity index (χ4n) is 0.813.